The monoisotopic (exact) mass is 326 g/mol. The van der Waals surface area contributed by atoms with Gasteiger partial charge in [-0.25, -0.2) is 0 Å². The Kier molecular flexibility index (Phi) is 6.37. The van der Waals surface area contributed by atoms with Crippen LogP contribution in [0, 0.1) is 6.92 Å². The Hall–Kier alpha value is -2.82. The van der Waals surface area contributed by atoms with Crippen LogP contribution >= 0.6 is 0 Å². The van der Waals surface area contributed by atoms with E-state index in [2.05, 4.69) is 10.6 Å². The van der Waals surface area contributed by atoms with Gasteiger partial charge in [-0.2, -0.15) is 0 Å². The van der Waals surface area contributed by atoms with Gasteiger partial charge in [-0.15, -0.1) is 0 Å². The third kappa shape index (κ3) is 5.43. The molecule has 5 nitrogen and oxygen atoms in total. The summed E-state index contributed by atoms with van der Waals surface area (Å²) < 4.78 is 5.37. The third-order valence-electron chi connectivity index (χ3n) is 3.49. The molecule has 0 aromatic heterocycles. The van der Waals surface area contributed by atoms with Crippen molar-refractivity contribution in [3.05, 3.63) is 59.7 Å². The average molecular weight is 326 g/mol. The molecule has 0 radical (unpaired) electrons. The minimum atomic E-state index is -0.159. The quantitative estimate of drug-likeness (QED) is 0.822. The minimum Gasteiger partial charge on any atom is -0.484 e. The molecule has 5 heteroatoms. The zero-order chi connectivity index (χ0) is 17.4. The number of anilines is 1. The lowest BCUT2D eigenvalue weighted by atomic mass is 10.1. The van der Waals surface area contributed by atoms with Gasteiger partial charge in [0.2, 0.25) is 5.91 Å². The number of benzene rings is 2. The number of hydrogen-bond acceptors (Lipinski definition) is 3. The van der Waals surface area contributed by atoms with Gasteiger partial charge in [-0.1, -0.05) is 24.3 Å². The van der Waals surface area contributed by atoms with Crippen LogP contribution in [0.1, 0.15) is 18.1 Å². The van der Waals surface area contributed by atoms with Gasteiger partial charge in [0, 0.05) is 12.2 Å². The van der Waals surface area contributed by atoms with Crippen molar-refractivity contribution in [3.8, 4) is 5.75 Å². The van der Waals surface area contributed by atoms with Crippen molar-refractivity contribution in [1.29, 1.82) is 0 Å². The molecule has 0 unspecified atom stereocenters. The molecule has 0 fully saturated rings. The number of hydrogen-bond donors (Lipinski definition) is 2. The molecule has 0 aliphatic carbocycles. The minimum absolute atomic E-state index is 0.0210. The molecule has 0 heterocycles. The number of ether oxygens (including phenoxy) is 1. The average Bonchev–Trinajstić information content (AvgIpc) is 2.57. The Labute approximate surface area is 142 Å². The maximum absolute atomic E-state index is 12.1. The predicted octanol–water partition coefficient (Wildman–Crippen LogP) is 2.69. The molecule has 2 N–H and O–H groups in total. The van der Waals surface area contributed by atoms with Crippen molar-refractivity contribution in [3.63, 3.8) is 0 Å². The summed E-state index contributed by atoms with van der Waals surface area (Å²) in [6.07, 6.45) is 0.335. The van der Waals surface area contributed by atoms with Crippen molar-refractivity contribution in [2.45, 2.75) is 20.3 Å². The van der Waals surface area contributed by atoms with Gasteiger partial charge < -0.3 is 15.4 Å². The molecule has 0 aliphatic heterocycles. The third-order valence-corrected chi connectivity index (χ3v) is 3.49. The Balaban J connectivity index is 1.86. The van der Waals surface area contributed by atoms with Crippen LogP contribution in [-0.4, -0.2) is 25.0 Å². The standard InChI is InChI=1S/C19H22N2O3/c1-3-20-19(23)13-24-17-10-8-16(9-11-17)21-18(22)12-15-7-5-4-6-14(15)2/h4-11H,3,12-13H2,1-2H3,(H,20,23)(H,21,22). The fourth-order valence-electron chi connectivity index (χ4n) is 2.22. The summed E-state index contributed by atoms with van der Waals surface area (Å²) in [6.45, 7) is 4.40. The fraction of sp³-hybridized carbons (Fsp3) is 0.263. The summed E-state index contributed by atoms with van der Waals surface area (Å²) in [5, 5.41) is 5.52. The maximum Gasteiger partial charge on any atom is 0.257 e. The van der Waals surface area contributed by atoms with E-state index in [4.69, 9.17) is 4.74 Å². The molecule has 0 saturated heterocycles. The lowest BCUT2D eigenvalue weighted by molar-refractivity contribution is -0.123. The van der Waals surface area contributed by atoms with Gasteiger partial charge in [0.25, 0.3) is 5.91 Å². The first-order valence-corrected chi connectivity index (χ1v) is 7.92. The topological polar surface area (TPSA) is 67.4 Å². The Morgan fingerprint density at radius 1 is 1.00 bits per heavy atom. The molecule has 126 valence electrons. The molecule has 0 aliphatic rings. The summed E-state index contributed by atoms with van der Waals surface area (Å²) in [6, 6.07) is 14.8. The van der Waals surface area contributed by atoms with Gasteiger partial charge in [0.1, 0.15) is 5.75 Å². The molecular weight excluding hydrogens is 304 g/mol. The number of likely N-dealkylation sites (N-methyl/N-ethyl adjacent to an activating group) is 1. The molecule has 0 saturated carbocycles. The first-order valence-electron chi connectivity index (χ1n) is 7.92. The SMILES string of the molecule is CCNC(=O)COc1ccc(NC(=O)Cc2ccccc2C)cc1. The van der Waals surface area contributed by atoms with Gasteiger partial charge in [-0.3, -0.25) is 9.59 Å². The smallest absolute Gasteiger partial charge is 0.257 e. The van der Waals surface area contributed by atoms with E-state index in [1.807, 2.05) is 38.1 Å². The number of carbonyl (C=O) groups is 2. The van der Waals surface area contributed by atoms with Crippen LogP contribution in [0.3, 0.4) is 0 Å². The number of aryl methyl sites for hydroxylation is 1. The van der Waals surface area contributed by atoms with E-state index in [1.54, 1.807) is 24.3 Å². The largest absolute Gasteiger partial charge is 0.484 e. The number of rotatable bonds is 7. The van der Waals surface area contributed by atoms with E-state index >= 15 is 0 Å². The van der Waals surface area contributed by atoms with Crippen LogP contribution < -0.4 is 15.4 Å². The van der Waals surface area contributed by atoms with Gasteiger partial charge in [0.05, 0.1) is 6.42 Å². The summed E-state index contributed by atoms with van der Waals surface area (Å²) in [4.78, 5) is 23.4. The van der Waals surface area contributed by atoms with E-state index < -0.39 is 0 Å². The summed E-state index contributed by atoms with van der Waals surface area (Å²) in [5.41, 5.74) is 2.80. The van der Waals surface area contributed by atoms with Crippen LogP contribution in [0.4, 0.5) is 5.69 Å². The van der Waals surface area contributed by atoms with E-state index in [-0.39, 0.29) is 18.4 Å². The van der Waals surface area contributed by atoms with Crippen molar-refractivity contribution in [1.82, 2.24) is 5.32 Å². The van der Waals surface area contributed by atoms with Crippen LogP contribution in [-0.2, 0) is 16.0 Å². The highest BCUT2D eigenvalue weighted by atomic mass is 16.5. The first-order chi connectivity index (χ1) is 11.6. The lowest BCUT2D eigenvalue weighted by Crippen LogP contribution is -2.28. The summed E-state index contributed by atoms with van der Waals surface area (Å²) >= 11 is 0. The van der Waals surface area contributed by atoms with Crippen molar-refractivity contribution in [2.24, 2.45) is 0 Å². The van der Waals surface area contributed by atoms with E-state index in [9.17, 15) is 9.59 Å². The molecule has 0 bridgehead atoms. The highest BCUT2D eigenvalue weighted by Crippen LogP contribution is 2.16. The first kappa shape index (κ1) is 17.5. The Bertz CT molecular complexity index is 696. The zero-order valence-electron chi connectivity index (χ0n) is 14.0. The van der Waals surface area contributed by atoms with Crippen LogP contribution in [0.2, 0.25) is 0 Å². The van der Waals surface area contributed by atoms with Gasteiger partial charge >= 0.3 is 0 Å². The second-order valence-corrected chi connectivity index (χ2v) is 5.42. The molecule has 24 heavy (non-hydrogen) atoms. The summed E-state index contributed by atoms with van der Waals surface area (Å²) in [5.74, 6) is 0.353. The Morgan fingerprint density at radius 2 is 1.71 bits per heavy atom. The van der Waals surface area contributed by atoms with Crippen molar-refractivity contribution < 1.29 is 14.3 Å². The molecule has 2 amide bonds. The molecule has 0 atom stereocenters. The Morgan fingerprint density at radius 3 is 2.38 bits per heavy atom. The highest BCUT2D eigenvalue weighted by Gasteiger charge is 2.06. The second-order valence-electron chi connectivity index (χ2n) is 5.42. The van der Waals surface area contributed by atoms with Gasteiger partial charge in [0.15, 0.2) is 6.61 Å². The second kappa shape index (κ2) is 8.72. The predicted molar refractivity (Wildman–Crippen MR) is 94.1 cm³/mol. The van der Waals surface area contributed by atoms with Crippen LogP contribution in [0.25, 0.3) is 0 Å². The lowest BCUT2D eigenvalue weighted by Gasteiger charge is -2.09. The molecule has 2 aromatic carbocycles. The fourth-order valence-corrected chi connectivity index (χ4v) is 2.22. The maximum atomic E-state index is 12.1. The van der Waals surface area contributed by atoms with Crippen molar-refractivity contribution >= 4 is 17.5 Å². The highest BCUT2D eigenvalue weighted by molar-refractivity contribution is 5.92. The van der Waals surface area contributed by atoms with Crippen LogP contribution in [0.5, 0.6) is 5.75 Å². The summed E-state index contributed by atoms with van der Waals surface area (Å²) in [7, 11) is 0. The van der Waals surface area contributed by atoms with E-state index in [0.717, 1.165) is 11.1 Å². The number of amides is 2. The van der Waals surface area contributed by atoms with Crippen molar-refractivity contribution in [2.75, 3.05) is 18.5 Å². The number of nitrogens with one attached hydrogen (secondary N) is 2. The number of carbonyl (C=O) groups excluding carboxylic acids is 2. The zero-order valence-corrected chi connectivity index (χ0v) is 14.0. The molecule has 0 spiro atoms. The van der Waals surface area contributed by atoms with E-state index in [0.29, 0.717) is 24.4 Å². The molecule has 2 aromatic rings. The van der Waals surface area contributed by atoms with Crippen LogP contribution in [0.15, 0.2) is 48.5 Å². The molecular formula is C19H22N2O3. The van der Waals surface area contributed by atoms with E-state index in [1.165, 1.54) is 0 Å². The normalized spacial score (nSPS) is 10.1. The molecule has 2 rings (SSSR count). The van der Waals surface area contributed by atoms with Gasteiger partial charge in [-0.05, 0) is 49.2 Å².